The third-order valence-corrected chi connectivity index (χ3v) is 16.3. The number of likely N-dealkylation sites (N-methyl/N-ethyl adjacent to an activating group) is 1. The zero-order valence-electron chi connectivity index (χ0n) is 38.2. The molecule has 0 N–H and O–H groups in total. The summed E-state index contributed by atoms with van der Waals surface area (Å²) in [4.78, 5) is 37.9. The van der Waals surface area contributed by atoms with Crippen LogP contribution in [0.25, 0.3) is 0 Å². The Morgan fingerprint density at radius 2 is 1.63 bits per heavy atom. The number of fused-ring (bicyclic) bond motifs is 8. The zero-order valence-corrected chi connectivity index (χ0v) is 39.1. The number of hydrogen-bond acceptors (Lipinski definition) is 13. The van der Waals surface area contributed by atoms with Crippen LogP contribution in [0.15, 0.2) is 42.0 Å². The molecule has 8 rings (SSSR count). The Bertz CT molecular complexity index is 1880. The highest BCUT2D eigenvalue weighted by atomic mass is 32.1. The fraction of sp³-hybridized carbons (Fsp3) is 0.735. The van der Waals surface area contributed by atoms with Crippen molar-refractivity contribution < 1.29 is 47.5 Å². The second kappa shape index (κ2) is 19.9. The number of rotatable bonds is 11. The summed E-state index contributed by atoms with van der Waals surface area (Å²) < 4.78 is 50.6. The van der Waals surface area contributed by atoms with Crippen LogP contribution in [0.4, 0.5) is 0 Å². The fourth-order valence-electron chi connectivity index (χ4n) is 12.1. The number of aryl methyl sites for hydroxylation is 1. The first-order valence-electron chi connectivity index (χ1n) is 23.3. The molecule has 0 spiro atoms. The van der Waals surface area contributed by atoms with E-state index in [1.54, 1.807) is 32.7 Å². The van der Waals surface area contributed by atoms with E-state index in [0.717, 1.165) is 67.8 Å². The number of ketones is 1. The summed E-state index contributed by atoms with van der Waals surface area (Å²) in [7, 11) is 7.15. The van der Waals surface area contributed by atoms with Crippen LogP contribution >= 0.6 is 11.3 Å². The van der Waals surface area contributed by atoms with Crippen molar-refractivity contribution in [3.8, 4) is 0 Å². The quantitative estimate of drug-likeness (QED) is 0.204. The number of Topliss-reactive ketones (excluding diaryl/α,β-unsaturated/α-hetero) is 1. The second-order valence-electron chi connectivity index (χ2n) is 18.9. The predicted octanol–water partition coefficient (Wildman–Crippen LogP) is 7.90. The second-order valence-corrected chi connectivity index (χ2v) is 20.2. The van der Waals surface area contributed by atoms with Crippen molar-refractivity contribution in [2.45, 2.75) is 178 Å². The summed E-state index contributed by atoms with van der Waals surface area (Å²) in [6.07, 6.45) is 5.46. The summed E-state index contributed by atoms with van der Waals surface area (Å²) in [5.41, 5.74) is 3.04. The van der Waals surface area contributed by atoms with Gasteiger partial charge in [0, 0.05) is 62.5 Å². The largest absolute Gasteiger partial charge is 0.462 e. The van der Waals surface area contributed by atoms with Crippen LogP contribution in [-0.2, 0) is 54.0 Å². The molecule has 0 amide bonds. The lowest BCUT2D eigenvalue weighted by atomic mass is 9.67. The van der Waals surface area contributed by atoms with Crippen molar-refractivity contribution in [1.29, 1.82) is 0 Å². The summed E-state index contributed by atoms with van der Waals surface area (Å²) in [5, 5.41) is 0.995. The van der Waals surface area contributed by atoms with E-state index in [-0.39, 0.29) is 96.5 Å². The molecule has 3 aliphatic carbocycles. The van der Waals surface area contributed by atoms with Gasteiger partial charge in [-0.05, 0) is 102 Å². The third-order valence-electron chi connectivity index (χ3n) is 15.2. The van der Waals surface area contributed by atoms with E-state index in [1.165, 1.54) is 10.4 Å². The maximum Gasteiger partial charge on any atom is 0.306 e. The number of esters is 1. The molecule has 2 aromatic rings. The van der Waals surface area contributed by atoms with Crippen LogP contribution in [0.2, 0.25) is 0 Å². The van der Waals surface area contributed by atoms with Crippen LogP contribution in [0.3, 0.4) is 0 Å². The van der Waals surface area contributed by atoms with Crippen molar-refractivity contribution in [1.82, 2.24) is 9.88 Å². The molecule has 3 saturated heterocycles. The SMILES string of the molecule is CC[C@H]1CCC[C@H](O[C@H]2CC[C@H](N(C)Cc3ccccc3)[C@@H](C)O2)[C@@H](C)C(=O)C2=C[C@H]3[C@@H]4C[C@H](O[C@@H]5O[C@@H](C)[C@H](OC)[C@@H](OC)[C@H]5OC)C[C@H]4c4sc(C)nc4[C@H]3[C@@H]2CC(=O)O1. The lowest BCUT2D eigenvalue weighted by molar-refractivity contribution is -0.314. The number of hydrogen-bond donors (Lipinski definition) is 0. The summed E-state index contributed by atoms with van der Waals surface area (Å²) >= 11 is 1.75. The number of allylic oxidation sites excluding steroid dienone is 2. The van der Waals surface area contributed by atoms with Gasteiger partial charge in [0.2, 0.25) is 0 Å². The molecule has 12 nitrogen and oxygen atoms in total. The van der Waals surface area contributed by atoms with E-state index < -0.39 is 24.6 Å². The van der Waals surface area contributed by atoms with Gasteiger partial charge in [-0.25, -0.2) is 4.98 Å². The molecule has 4 heterocycles. The first kappa shape index (κ1) is 46.0. The minimum absolute atomic E-state index is 0.0133. The van der Waals surface area contributed by atoms with Crippen LogP contribution in [0.1, 0.15) is 118 Å². The molecule has 0 unspecified atom stereocenters. The highest BCUT2D eigenvalue weighted by molar-refractivity contribution is 7.11. The molecule has 62 heavy (non-hydrogen) atoms. The van der Waals surface area contributed by atoms with Gasteiger partial charge in [-0.15, -0.1) is 11.3 Å². The van der Waals surface area contributed by atoms with Crippen LogP contribution in [-0.4, -0.2) is 117 Å². The van der Waals surface area contributed by atoms with E-state index in [1.807, 2.05) is 19.9 Å². The molecule has 0 radical (unpaired) electrons. The number of thiazole rings is 1. The van der Waals surface area contributed by atoms with Crippen LogP contribution in [0, 0.1) is 30.6 Å². The van der Waals surface area contributed by atoms with Crippen LogP contribution < -0.4 is 0 Å². The number of carbonyl (C=O) groups excluding carboxylic acids is 2. The minimum Gasteiger partial charge on any atom is -0.462 e. The number of methoxy groups -OCH3 is 3. The molecular formula is C49H70N2O10S. The topological polar surface area (TPSA) is 124 Å². The van der Waals surface area contributed by atoms with Crippen molar-refractivity contribution in [3.63, 3.8) is 0 Å². The molecule has 342 valence electrons. The summed E-state index contributed by atoms with van der Waals surface area (Å²) in [6, 6.07) is 10.8. The third kappa shape index (κ3) is 9.27. The highest BCUT2D eigenvalue weighted by Gasteiger charge is 2.57. The van der Waals surface area contributed by atoms with E-state index in [2.05, 4.69) is 63.1 Å². The maximum atomic E-state index is 15.1. The molecule has 0 bridgehead atoms. The van der Waals surface area contributed by atoms with Crippen LogP contribution in [0.5, 0.6) is 0 Å². The lowest BCUT2D eigenvalue weighted by Gasteiger charge is -2.44. The molecule has 1 saturated carbocycles. The van der Waals surface area contributed by atoms with E-state index in [0.29, 0.717) is 6.42 Å². The Morgan fingerprint density at radius 1 is 0.871 bits per heavy atom. The first-order chi connectivity index (χ1) is 29.9. The number of benzene rings is 1. The number of nitrogens with zero attached hydrogens (tertiary/aromatic N) is 2. The van der Waals surface area contributed by atoms with Crippen molar-refractivity contribution in [2.75, 3.05) is 28.4 Å². The molecule has 17 atom stereocenters. The van der Waals surface area contributed by atoms with Gasteiger partial charge in [0.1, 0.15) is 24.4 Å². The lowest BCUT2D eigenvalue weighted by Crippen LogP contribution is -2.59. The average molecular weight is 879 g/mol. The van der Waals surface area contributed by atoms with Gasteiger partial charge < -0.3 is 37.9 Å². The number of carbonyl (C=O) groups is 2. The smallest absolute Gasteiger partial charge is 0.306 e. The van der Waals surface area contributed by atoms with Gasteiger partial charge in [-0.3, -0.25) is 14.5 Å². The molecule has 6 aliphatic rings. The molecule has 1 aromatic heterocycles. The number of cyclic esters (lactones) is 1. The minimum atomic E-state index is -0.635. The van der Waals surface area contributed by atoms with Gasteiger partial charge in [-0.1, -0.05) is 50.3 Å². The Kier molecular flexibility index (Phi) is 14.7. The van der Waals surface area contributed by atoms with E-state index in [4.69, 9.17) is 42.9 Å². The maximum absolute atomic E-state index is 15.1. The Balaban J connectivity index is 1.04. The van der Waals surface area contributed by atoms with E-state index >= 15 is 4.79 Å². The van der Waals surface area contributed by atoms with Gasteiger partial charge in [0.05, 0.1) is 41.5 Å². The summed E-state index contributed by atoms with van der Waals surface area (Å²) in [5.74, 6) is -0.653. The molecule has 3 aliphatic heterocycles. The first-order valence-corrected chi connectivity index (χ1v) is 24.1. The standard InChI is InChI=1S/C49H70N2O10S/c1-10-31-17-14-18-39(61-41-20-19-38(27(3)57-41)51(6)25-30-15-12-11-13-16-30)26(2)44(53)36-23-34-33-21-32(60-49-47(56-9)46(55-8)45(54-7)28(4)58-49)22-37(33)48-43(50-29(5)62-48)42(34)35(36)24-40(52)59-31/h11-13,15-16,23,26-28,31-35,37-39,41-42,45-47,49H,10,14,17-22,24-25H2,1-9H3/t26-,27-,28+,31+,32+,33+,34+,35-,37-,38+,39+,41+,42-,45+,46-,47-,49+/m1/s1. The molecule has 4 fully saturated rings. The Morgan fingerprint density at radius 3 is 2.34 bits per heavy atom. The van der Waals surface area contributed by atoms with Gasteiger partial charge in [-0.2, -0.15) is 0 Å². The van der Waals surface area contributed by atoms with E-state index in [9.17, 15) is 4.79 Å². The van der Waals surface area contributed by atoms with Crippen molar-refractivity contribution >= 4 is 23.1 Å². The van der Waals surface area contributed by atoms with Gasteiger partial charge in [0.15, 0.2) is 18.4 Å². The molecular weight excluding hydrogens is 809 g/mol. The molecule has 13 heteroatoms. The summed E-state index contributed by atoms with van der Waals surface area (Å²) in [6.45, 7) is 11.1. The Labute approximate surface area is 372 Å². The average Bonchev–Trinajstić information content (AvgIpc) is 3.96. The van der Waals surface area contributed by atoms with Crippen molar-refractivity contribution in [3.05, 3.63) is 63.1 Å². The predicted molar refractivity (Wildman–Crippen MR) is 235 cm³/mol. The van der Waals surface area contributed by atoms with Gasteiger partial charge in [0.25, 0.3) is 0 Å². The van der Waals surface area contributed by atoms with Crippen molar-refractivity contribution in [2.24, 2.45) is 23.7 Å². The zero-order chi connectivity index (χ0) is 43.8. The monoisotopic (exact) mass is 878 g/mol. The number of ether oxygens (including phenoxy) is 8. The highest BCUT2D eigenvalue weighted by Crippen LogP contribution is 2.62. The Hall–Kier alpha value is -2.59. The fourth-order valence-corrected chi connectivity index (χ4v) is 13.2. The normalized spacial score (nSPS) is 40.1. The van der Waals surface area contributed by atoms with Gasteiger partial charge >= 0.3 is 5.97 Å². The molecule has 1 aromatic carbocycles. The number of aromatic nitrogens is 1.